The van der Waals surface area contributed by atoms with Gasteiger partial charge in [0.15, 0.2) is 0 Å². The van der Waals surface area contributed by atoms with Gasteiger partial charge in [0.05, 0.1) is 11.6 Å². The van der Waals surface area contributed by atoms with Crippen molar-refractivity contribution in [2.24, 2.45) is 0 Å². The second kappa shape index (κ2) is 8.58. The summed E-state index contributed by atoms with van der Waals surface area (Å²) >= 11 is 1.75. The van der Waals surface area contributed by atoms with E-state index in [9.17, 15) is 4.79 Å². The van der Waals surface area contributed by atoms with Crippen LogP contribution in [0, 0.1) is 13.8 Å². The molecule has 0 spiro atoms. The number of nitrogens with zero attached hydrogens (tertiary/aromatic N) is 1. The fourth-order valence-corrected chi connectivity index (χ4v) is 4.51. The predicted molar refractivity (Wildman–Crippen MR) is 121 cm³/mol. The molecule has 1 N–H and O–H groups in total. The van der Waals surface area contributed by atoms with Crippen molar-refractivity contribution in [2.75, 3.05) is 0 Å². The number of hydrogen-bond donors (Lipinski definition) is 1. The number of para-hydroxylation sites is 1. The van der Waals surface area contributed by atoms with Crippen LogP contribution < -0.4 is 5.32 Å². The number of rotatable bonds is 5. The molecule has 0 bridgehead atoms. The number of aromatic nitrogens is 1. The van der Waals surface area contributed by atoms with Gasteiger partial charge < -0.3 is 9.88 Å². The standard InChI is InChI=1S/C25H24N2OS/c1-18-17-24(19(2)27(18)21-9-5-3-6-10-21)25(28)26-20-13-15-23(16-14-20)29-22-11-7-4-8-12-22/h3-13,15-17,20H,14H2,1-2H3,(H,26,28). The summed E-state index contributed by atoms with van der Waals surface area (Å²) in [6, 6.07) is 22.5. The summed E-state index contributed by atoms with van der Waals surface area (Å²) in [7, 11) is 0. The topological polar surface area (TPSA) is 34.0 Å². The molecule has 146 valence electrons. The molecule has 0 saturated heterocycles. The molecule has 1 aromatic heterocycles. The predicted octanol–water partition coefficient (Wildman–Crippen LogP) is 5.83. The van der Waals surface area contributed by atoms with Crippen molar-refractivity contribution >= 4 is 17.7 Å². The van der Waals surface area contributed by atoms with Crippen LogP contribution in [0.25, 0.3) is 5.69 Å². The lowest BCUT2D eigenvalue weighted by molar-refractivity contribution is 0.0944. The molecule has 1 aliphatic carbocycles. The SMILES string of the molecule is Cc1cc(C(=O)NC2C=CC(Sc3ccccc3)=CC2)c(C)n1-c1ccccc1. The Morgan fingerprint density at radius 2 is 1.72 bits per heavy atom. The van der Waals surface area contributed by atoms with Gasteiger partial charge in [0, 0.05) is 26.9 Å². The van der Waals surface area contributed by atoms with Gasteiger partial charge in [-0.15, -0.1) is 0 Å². The Bertz CT molecular complexity index is 1060. The molecule has 3 aromatic rings. The summed E-state index contributed by atoms with van der Waals surface area (Å²) in [6.45, 7) is 4.03. The molecule has 4 heteroatoms. The first-order chi connectivity index (χ1) is 14.1. The summed E-state index contributed by atoms with van der Waals surface area (Å²) in [5.74, 6) is -0.0255. The van der Waals surface area contributed by atoms with E-state index in [1.165, 1.54) is 9.80 Å². The van der Waals surface area contributed by atoms with E-state index in [1.807, 2.05) is 56.3 Å². The van der Waals surface area contributed by atoms with E-state index in [0.29, 0.717) is 0 Å². The van der Waals surface area contributed by atoms with Crippen LogP contribution in [-0.4, -0.2) is 16.5 Å². The summed E-state index contributed by atoms with van der Waals surface area (Å²) in [5, 5.41) is 3.16. The van der Waals surface area contributed by atoms with Crippen LogP contribution in [-0.2, 0) is 0 Å². The Kier molecular flexibility index (Phi) is 5.72. The number of hydrogen-bond acceptors (Lipinski definition) is 2. The zero-order valence-corrected chi connectivity index (χ0v) is 17.4. The minimum atomic E-state index is -0.0255. The molecule has 0 radical (unpaired) electrons. The van der Waals surface area contributed by atoms with Gasteiger partial charge in [-0.3, -0.25) is 4.79 Å². The normalized spacial score (nSPS) is 15.8. The number of nitrogens with one attached hydrogen (secondary N) is 1. The van der Waals surface area contributed by atoms with Gasteiger partial charge in [0.1, 0.15) is 0 Å². The Balaban J connectivity index is 1.43. The maximum atomic E-state index is 12.9. The van der Waals surface area contributed by atoms with Crippen LogP contribution in [0.5, 0.6) is 0 Å². The molecule has 1 heterocycles. The number of thioether (sulfide) groups is 1. The van der Waals surface area contributed by atoms with Gasteiger partial charge >= 0.3 is 0 Å². The third-order valence-corrected chi connectivity index (χ3v) is 6.10. The van der Waals surface area contributed by atoms with Crippen LogP contribution in [0.2, 0.25) is 0 Å². The smallest absolute Gasteiger partial charge is 0.253 e. The van der Waals surface area contributed by atoms with E-state index >= 15 is 0 Å². The summed E-state index contributed by atoms with van der Waals surface area (Å²) in [6.07, 6.45) is 7.17. The zero-order chi connectivity index (χ0) is 20.2. The summed E-state index contributed by atoms with van der Waals surface area (Å²) in [5.41, 5.74) is 3.82. The Morgan fingerprint density at radius 1 is 1.03 bits per heavy atom. The van der Waals surface area contributed by atoms with Gasteiger partial charge in [-0.05, 0) is 50.6 Å². The Morgan fingerprint density at radius 3 is 2.38 bits per heavy atom. The molecule has 4 rings (SSSR count). The van der Waals surface area contributed by atoms with Crippen molar-refractivity contribution in [1.82, 2.24) is 9.88 Å². The molecule has 1 amide bonds. The highest BCUT2D eigenvalue weighted by molar-refractivity contribution is 8.03. The van der Waals surface area contributed by atoms with Crippen LogP contribution in [0.4, 0.5) is 0 Å². The second-order valence-corrected chi connectivity index (χ2v) is 8.30. The molecule has 1 aliphatic rings. The van der Waals surface area contributed by atoms with E-state index < -0.39 is 0 Å². The van der Waals surface area contributed by atoms with E-state index in [-0.39, 0.29) is 11.9 Å². The average molecular weight is 401 g/mol. The molecule has 0 fully saturated rings. The quantitative estimate of drug-likeness (QED) is 0.585. The van der Waals surface area contributed by atoms with Gasteiger partial charge in [-0.2, -0.15) is 0 Å². The third kappa shape index (κ3) is 4.38. The fourth-order valence-electron chi connectivity index (χ4n) is 3.62. The fraction of sp³-hybridized carbons (Fsp3) is 0.160. The van der Waals surface area contributed by atoms with Crippen LogP contribution in [0.1, 0.15) is 28.2 Å². The van der Waals surface area contributed by atoms with Crippen molar-refractivity contribution in [2.45, 2.75) is 31.2 Å². The van der Waals surface area contributed by atoms with Crippen molar-refractivity contribution in [3.8, 4) is 5.69 Å². The van der Waals surface area contributed by atoms with Crippen molar-refractivity contribution in [3.63, 3.8) is 0 Å². The maximum absolute atomic E-state index is 12.9. The summed E-state index contributed by atoms with van der Waals surface area (Å²) in [4.78, 5) is 15.4. The number of amides is 1. The van der Waals surface area contributed by atoms with Crippen LogP contribution in [0.3, 0.4) is 0 Å². The lowest BCUT2D eigenvalue weighted by Crippen LogP contribution is -2.34. The van der Waals surface area contributed by atoms with Crippen LogP contribution >= 0.6 is 11.8 Å². The lowest BCUT2D eigenvalue weighted by atomic mass is 10.1. The van der Waals surface area contributed by atoms with Crippen molar-refractivity contribution < 1.29 is 4.79 Å². The first-order valence-electron chi connectivity index (χ1n) is 9.78. The largest absolute Gasteiger partial charge is 0.345 e. The Labute approximate surface area is 176 Å². The highest BCUT2D eigenvalue weighted by Crippen LogP contribution is 2.30. The van der Waals surface area contributed by atoms with Crippen molar-refractivity contribution in [3.05, 3.63) is 107 Å². The molecular weight excluding hydrogens is 376 g/mol. The second-order valence-electron chi connectivity index (χ2n) is 7.15. The average Bonchev–Trinajstić information content (AvgIpc) is 3.05. The number of benzene rings is 2. The van der Waals surface area contributed by atoms with Gasteiger partial charge in [-0.1, -0.05) is 66.4 Å². The third-order valence-electron chi connectivity index (χ3n) is 5.05. The lowest BCUT2D eigenvalue weighted by Gasteiger charge is -2.18. The van der Waals surface area contributed by atoms with Gasteiger partial charge in [-0.25, -0.2) is 0 Å². The Hall–Kier alpha value is -2.98. The molecular formula is C25H24N2OS. The van der Waals surface area contributed by atoms with Crippen LogP contribution in [0.15, 0.2) is 94.8 Å². The van der Waals surface area contributed by atoms with Gasteiger partial charge in [0.2, 0.25) is 0 Å². The van der Waals surface area contributed by atoms with Gasteiger partial charge in [0.25, 0.3) is 5.91 Å². The van der Waals surface area contributed by atoms with E-state index in [2.05, 4.69) is 52.4 Å². The molecule has 29 heavy (non-hydrogen) atoms. The highest BCUT2D eigenvalue weighted by atomic mass is 32.2. The number of aryl methyl sites for hydroxylation is 1. The first-order valence-corrected chi connectivity index (χ1v) is 10.6. The number of allylic oxidation sites excluding steroid dienone is 1. The van der Waals surface area contributed by atoms with E-state index in [4.69, 9.17) is 0 Å². The molecule has 3 nitrogen and oxygen atoms in total. The van der Waals surface area contributed by atoms with Crippen molar-refractivity contribution in [1.29, 1.82) is 0 Å². The molecule has 0 aliphatic heterocycles. The molecule has 1 atom stereocenters. The number of carbonyl (C=O) groups is 1. The molecule has 1 unspecified atom stereocenters. The molecule has 2 aromatic carbocycles. The summed E-state index contributed by atoms with van der Waals surface area (Å²) < 4.78 is 2.13. The first kappa shape index (κ1) is 19.3. The number of carbonyl (C=O) groups excluding carboxylic acids is 1. The molecule has 0 saturated carbocycles. The zero-order valence-electron chi connectivity index (χ0n) is 16.6. The van der Waals surface area contributed by atoms with E-state index in [1.54, 1.807) is 11.8 Å². The maximum Gasteiger partial charge on any atom is 0.253 e. The monoisotopic (exact) mass is 400 g/mol. The minimum Gasteiger partial charge on any atom is -0.345 e. The van der Waals surface area contributed by atoms with E-state index in [0.717, 1.165) is 29.1 Å². The highest BCUT2D eigenvalue weighted by Gasteiger charge is 2.19. The minimum absolute atomic E-state index is 0.0161.